The number of guanidine groups is 1. The average Bonchev–Trinajstić information content (AvgIpc) is 2.48. The van der Waals surface area contributed by atoms with Gasteiger partial charge >= 0.3 is 5.97 Å². The first-order chi connectivity index (χ1) is 10.5. The van der Waals surface area contributed by atoms with Crippen LogP contribution in [0.2, 0.25) is 0 Å². The number of nitrogens with zero attached hydrogens (tertiary/aromatic N) is 2. The summed E-state index contributed by atoms with van der Waals surface area (Å²) in [4.78, 5) is 12.0. The van der Waals surface area contributed by atoms with Crippen LogP contribution in [0.5, 0.6) is 5.75 Å². The van der Waals surface area contributed by atoms with E-state index in [0.717, 1.165) is 10.0 Å². The Kier molecular flexibility index (Phi) is 5.26. The van der Waals surface area contributed by atoms with Crippen LogP contribution in [0.3, 0.4) is 0 Å². The maximum absolute atomic E-state index is 12.0. The Morgan fingerprint density at radius 1 is 1.14 bits per heavy atom. The molecule has 4 N–H and O–H groups in total. The Hall–Kier alpha value is -2.67. The highest BCUT2D eigenvalue weighted by molar-refractivity contribution is 9.10. The van der Waals surface area contributed by atoms with Crippen molar-refractivity contribution in [3.05, 3.63) is 64.1 Å². The summed E-state index contributed by atoms with van der Waals surface area (Å²) in [6, 6.07) is 13.8. The molecule has 7 heteroatoms. The van der Waals surface area contributed by atoms with E-state index in [4.69, 9.17) is 16.2 Å². The van der Waals surface area contributed by atoms with E-state index in [1.54, 1.807) is 42.5 Å². The van der Waals surface area contributed by atoms with Gasteiger partial charge in [-0.3, -0.25) is 0 Å². The molecule has 2 rings (SSSR count). The number of nitrogens with two attached hydrogens (primary N) is 2. The van der Waals surface area contributed by atoms with Gasteiger partial charge in [0.15, 0.2) is 0 Å². The van der Waals surface area contributed by atoms with Crippen molar-refractivity contribution in [2.75, 3.05) is 0 Å². The third kappa shape index (κ3) is 4.71. The van der Waals surface area contributed by atoms with Crippen LogP contribution in [0.25, 0.3) is 0 Å². The van der Waals surface area contributed by atoms with Crippen LogP contribution < -0.4 is 16.2 Å². The van der Waals surface area contributed by atoms with E-state index in [-0.39, 0.29) is 5.96 Å². The van der Waals surface area contributed by atoms with Gasteiger partial charge in [0.05, 0.1) is 11.8 Å². The summed E-state index contributed by atoms with van der Waals surface area (Å²) in [5.74, 6) is -0.108. The van der Waals surface area contributed by atoms with Gasteiger partial charge in [0.2, 0.25) is 5.96 Å². The number of esters is 1. The molecule has 0 aliphatic rings. The molecular formula is C15H13BrN4O2. The van der Waals surface area contributed by atoms with E-state index in [9.17, 15) is 4.79 Å². The number of benzene rings is 2. The molecule has 0 amide bonds. The fourth-order valence-corrected chi connectivity index (χ4v) is 1.96. The van der Waals surface area contributed by atoms with E-state index in [2.05, 4.69) is 26.1 Å². The Morgan fingerprint density at radius 3 is 2.50 bits per heavy atom. The zero-order chi connectivity index (χ0) is 15.9. The molecule has 0 radical (unpaired) electrons. The van der Waals surface area contributed by atoms with Crippen molar-refractivity contribution in [1.82, 2.24) is 0 Å². The van der Waals surface area contributed by atoms with Gasteiger partial charge in [-0.15, -0.1) is 5.10 Å². The highest BCUT2D eigenvalue weighted by Crippen LogP contribution is 2.16. The fourth-order valence-electron chi connectivity index (χ4n) is 1.57. The molecule has 2 aromatic carbocycles. The minimum atomic E-state index is -0.428. The van der Waals surface area contributed by atoms with Crippen molar-refractivity contribution in [1.29, 1.82) is 0 Å². The lowest BCUT2D eigenvalue weighted by Gasteiger charge is -2.04. The van der Waals surface area contributed by atoms with Gasteiger partial charge in [-0.25, -0.2) is 4.79 Å². The largest absolute Gasteiger partial charge is 0.423 e. The first-order valence-electron chi connectivity index (χ1n) is 6.24. The van der Waals surface area contributed by atoms with Crippen molar-refractivity contribution in [3.63, 3.8) is 0 Å². The minimum absolute atomic E-state index is 0.115. The predicted molar refractivity (Wildman–Crippen MR) is 88.9 cm³/mol. The Labute approximate surface area is 135 Å². The lowest BCUT2D eigenvalue weighted by Crippen LogP contribution is -2.21. The summed E-state index contributed by atoms with van der Waals surface area (Å²) >= 11 is 3.31. The molecule has 0 saturated heterocycles. The summed E-state index contributed by atoms with van der Waals surface area (Å²) < 4.78 is 6.09. The zero-order valence-electron chi connectivity index (χ0n) is 11.4. The van der Waals surface area contributed by atoms with Gasteiger partial charge < -0.3 is 16.2 Å². The summed E-state index contributed by atoms with van der Waals surface area (Å²) in [5, 5.41) is 7.18. The van der Waals surface area contributed by atoms with Crippen molar-refractivity contribution >= 4 is 34.1 Å². The molecule has 2 aromatic rings. The molecule has 0 aliphatic carbocycles. The molecule has 112 valence electrons. The number of hydrogen-bond donors (Lipinski definition) is 2. The zero-order valence-corrected chi connectivity index (χ0v) is 13.0. The van der Waals surface area contributed by atoms with E-state index in [0.29, 0.717) is 11.3 Å². The molecule has 0 spiro atoms. The molecule has 0 saturated carbocycles. The van der Waals surface area contributed by atoms with Crippen molar-refractivity contribution in [3.8, 4) is 5.75 Å². The molecule has 0 fully saturated rings. The lowest BCUT2D eigenvalue weighted by atomic mass is 10.2. The van der Waals surface area contributed by atoms with Crippen molar-refractivity contribution < 1.29 is 9.53 Å². The summed E-state index contributed by atoms with van der Waals surface area (Å²) in [5.41, 5.74) is 11.5. The summed E-state index contributed by atoms with van der Waals surface area (Å²) in [7, 11) is 0. The van der Waals surface area contributed by atoms with Crippen LogP contribution in [-0.4, -0.2) is 18.1 Å². The SMILES string of the molecule is NC(N)=N/N=C\c1ccc(OC(=O)c2cccc(Br)c2)cc1. The molecule has 0 bridgehead atoms. The fraction of sp³-hybridized carbons (Fsp3) is 0. The molecule has 0 aliphatic heterocycles. The van der Waals surface area contributed by atoms with E-state index in [1.165, 1.54) is 6.21 Å². The predicted octanol–water partition coefficient (Wildman–Crippen LogP) is 2.28. The maximum Gasteiger partial charge on any atom is 0.343 e. The molecule has 0 atom stereocenters. The number of carbonyl (C=O) groups is 1. The maximum atomic E-state index is 12.0. The topological polar surface area (TPSA) is 103 Å². The van der Waals surface area contributed by atoms with Crippen LogP contribution in [0.15, 0.2) is 63.2 Å². The Balaban J connectivity index is 2.03. The molecule has 22 heavy (non-hydrogen) atoms. The molecule has 0 heterocycles. The number of hydrogen-bond acceptors (Lipinski definition) is 4. The van der Waals surface area contributed by atoms with Crippen LogP contribution in [0.1, 0.15) is 15.9 Å². The van der Waals surface area contributed by atoms with Gasteiger partial charge in [-0.05, 0) is 48.0 Å². The second-order valence-electron chi connectivity index (χ2n) is 4.24. The van der Waals surface area contributed by atoms with Gasteiger partial charge in [0.1, 0.15) is 5.75 Å². The number of ether oxygens (including phenoxy) is 1. The smallest absolute Gasteiger partial charge is 0.343 e. The Bertz CT molecular complexity index is 723. The normalized spacial score (nSPS) is 10.4. The van der Waals surface area contributed by atoms with Crippen LogP contribution in [-0.2, 0) is 0 Å². The quantitative estimate of drug-likeness (QED) is 0.287. The van der Waals surface area contributed by atoms with Gasteiger partial charge in [0.25, 0.3) is 0 Å². The first kappa shape index (κ1) is 15.7. The van der Waals surface area contributed by atoms with Crippen LogP contribution >= 0.6 is 15.9 Å². The van der Waals surface area contributed by atoms with Crippen LogP contribution in [0, 0.1) is 0 Å². The van der Waals surface area contributed by atoms with E-state index in [1.807, 2.05) is 6.07 Å². The minimum Gasteiger partial charge on any atom is -0.423 e. The van der Waals surface area contributed by atoms with Gasteiger partial charge in [0, 0.05) is 4.47 Å². The highest BCUT2D eigenvalue weighted by atomic mass is 79.9. The lowest BCUT2D eigenvalue weighted by molar-refractivity contribution is 0.0734. The second kappa shape index (κ2) is 7.37. The number of carbonyl (C=O) groups excluding carboxylic acids is 1. The number of halogens is 1. The second-order valence-corrected chi connectivity index (χ2v) is 5.15. The van der Waals surface area contributed by atoms with E-state index >= 15 is 0 Å². The monoisotopic (exact) mass is 360 g/mol. The first-order valence-corrected chi connectivity index (χ1v) is 7.03. The third-order valence-corrected chi connectivity index (χ3v) is 3.02. The number of rotatable bonds is 4. The molecular weight excluding hydrogens is 348 g/mol. The van der Waals surface area contributed by atoms with Crippen molar-refractivity contribution in [2.24, 2.45) is 21.7 Å². The molecule has 0 unspecified atom stereocenters. The van der Waals surface area contributed by atoms with E-state index < -0.39 is 5.97 Å². The van der Waals surface area contributed by atoms with Crippen LogP contribution in [0.4, 0.5) is 0 Å². The van der Waals surface area contributed by atoms with Crippen molar-refractivity contribution in [2.45, 2.75) is 0 Å². The standard InChI is InChI=1S/C15H13BrN4O2/c16-12-3-1-2-11(8-12)14(21)22-13-6-4-10(5-7-13)9-19-20-15(17)18/h1-9H,(H4,17,18,20)/b19-9-. The average molecular weight is 361 g/mol. The highest BCUT2D eigenvalue weighted by Gasteiger charge is 2.08. The van der Waals surface area contributed by atoms with Gasteiger partial charge in [-0.2, -0.15) is 5.10 Å². The summed E-state index contributed by atoms with van der Waals surface area (Å²) in [6.07, 6.45) is 1.49. The van der Waals surface area contributed by atoms with Gasteiger partial charge in [-0.1, -0.05) is 22.0 Å². The summed E-state index contributed by atoms with van der Waals surface area (Å²) in [6.45, 7) is 0. The Morgan fingerprint density at radius 2 is 1.86 bits per heavy atom. The third-order valence-electron chi connectivity index (χ3n) is 2.53. The molecule has 6 nitrogen and oxygen atoms in total. The molecule has 0 aromatic heterocycles.